The van der Waals surface area contributed by atoms with Crippen LogP contribution in [0.15, 0.2) is 18.2 Å². The number of likely N-dealkylation sites (N-methyl/N-ethyl adjacent to an activating group) is 1. The van der Waals surface area contributed by atoms with Gasteiger partial charge in [0.05, 0.1) is 12.2 Å². The third-order valence-electron chi connectivity index (χ3n) is 2.36. The van der Waals surface area contributed by atoms with Crippen molar-refractivity contribution >= 4 is 0 Å². The molecule has 0 aliphatic carbocycles. The first-order valence-corrected chi connectivity index (χ1v) is 5.72. The van der Waals surface area contributed by atoms with Crippen LogP contribution in [0.3, 0.4) is 0 Å². The zero-order chi connectivity index (χ0) is 12.8. The van der Waals surface area contributed by atoms with E-state index in [1.807, 2.05) is 27.0 Å². The van der Waals surface area contributed by atoms with Gasteiger partial charge in [-0.15, -0.1) is 0 Å². The molecule has 0 bridgehead atoms. The molecule has 0 aliphatic rings. The average Bonchev–Trinajstić information content (AvgIpc) is 2.28. The number of halogens is 1. The van der Waals surface area contributed by atoms with Crippen molar-refractivity contribution in [1.82, 2.24) is 5.32 Å². The maximum atomic E-state index is 13.7. The highest BCUT2D eigenvalue weighted by Gasteiger charge is 2.13. The largest absolute Gasteiger partial charge is 0.488 e. The van der Waals surface area contributed by atoms with Crippen molar-refractivity contribution < 1.29 is 13.9 Å². The van der Waals surface area contributed by atoms with Crippen LogP contribution < -0.4 is 10.1 Å². The van der Waals surface area contributed by atoms with E-state index in [-0.39, 0.29) is 23.8 Å². The Morgan fingerprint density at radius 2 is 2.06 bits per heavy atom. The summed E-state index contributed by atoms with van der Waals surface area (Å²) in [6.07, 6.45) is -0.187. The second-order valence-corrected chi connectivity index (χ2v) is 4.14. The lowest BCUT2D eigenvalue weighted by Crippen LogP contribution is -2.18. The standard InChI is InChI=1S/C13H20FNO2/c1-9(2)17-12-6-5-10(7-11(12)14)13(16-4)8-15-3/h5-7,9,13,15H,8H2,1-4H3. The minimum Gasteiger partial charge on any atom is -0.488 e. The summed E-state index contributed by atoms with van der Waals surface area (Å²) in [5.41, 5.74) is 0.801. The number of hydrogen-bond donors (Lipinski definition) is 1. The molecular weight excluding hydrogens is 221 g/mol. The van der Waals surface area contributed by atoms with Gasteiger partial charge in [0.2, 0.25) is 0 Å². The molecule has 1 unspecified atom stereocenters. The van der Waals surface area contributed by atoms with Crippen molar-refractivity contribution in [2.75, 3.05) is 20.7 Å². The van der Waals surface area contributed by atoms with Crippen molar-refractivity contribution in [1.29, 1.82) is 0 Å². The van der Waals surface area contributed by atoms with Crippen LogP contribution >= 0.6 is 0 Å². The van der Waals surface area contributed by atoms with E-state index < -0.39 is 0 Å². The molecule has 0 aliphatic heterocycles. The molecular formula is C13H20FNO2. The van der Waals surface area contributed by atoms with Crippen LogP contribution in [0.25, 0.3) is 0 Å². The van der Waals surface area contributed by atoms with Crippen LogP contribution in [-0.2, 0) is 4.74 Å². The van der Waals surface area contributed by atoms with Crippen LogP contribution in [0.2, 0.25) is 0 Å². The molecule has 3 nitrogen and oxygen atoms in total. The summed E-state index contributed by atoms with van der Waals surface area (Å²) in [4.78, 5) is 0. The normalized spacial score (nSPS) is 12.8. The Balaban J connectivity index is 2.86. The minimum atomic E-state index is -0.352. The lowest BCUT2D eigenvalue weighted by Gasteiger charge is -2.17. The Bertz CT molecular complexity index is 355. The van der Waals surface area contributed by atoms with Gasteiger partial charge in [0.15, 0.2) is 11.6 Å². The Kier molecular flexibility index (Phi) is 5.38. The number of methoxy groups -OCH3 is 1. The van der Waals surface area contributed by atoms with Crippen molar-refractivity contribution in [3.63, 3.8) is 0 Å². The van der Waals surface area contributed by atoms with E-state index in [1.54, 1.807) is 13.2 Å². The fourth-order valence-electron chi connectivity index (χ4n) is 1.59. The van der Waals surface area contributed by atoms with Crippen molar-refractivity contribution in [2.24, 2.45) is 0 Å². The summed E-state index contributed by atoms with van der Waals surface area (Å²) in [6.45, 7) is 4.37. The smallest absolute Gasteiger partial charge is 0.165 e. The van der Waals surface area contributed by atoms with Gasteiger partial charge in [-0.05, 0) is 38.6 Å². The highest BCUT2D eigenvalue weighted by molar-refractivity contribution is 5.31. The molecule has 4 heteroatoms. The van der Waals surface area contributed by atoms with Gasteiger partial charge in [-0.25, -0.2) is 4.39 Å². The Labute approximate surface area is 102 Å². The van der Waals surface area contributed by atoms with Crippen LogP contribution in [-0.4, -0.2) is 26.8 Å². The predicted octanol–water partition coefficient (Wildman–Crippen LogP) is 2.52. The summed E-state index contributed by atoms with van der Waals surface area (Å²) in [6, 6.07) is 4.93. The summed E-state index contributed by atoms with van der Waals surface area (Å²) >= 11 is 0. The lowest BCUT2D eigenvalue weighted by molar-refractivity contribution is 0.104. The van der Waals surface area contributed by atoms with Gasteiger partial charge in [-0.1, -0.05) is 6.07 Å². The van der Waals surface area contributed by atoms with Gasteiger partial charge in [-0.3, -0.25) is 0 Å². The fraction of sp³-hybridized carbons (Fsp3) is 0.538. The molecule has 0 fully saturated rings. The molecule has 0 spiro atoms. The van der Waals surface area contributed by atoms with Crippen LogP contribution in [0.5, 0.6) is 5.75 Å². The van der Waals surface area contributed by atoms with Gasteiger partial charge < -0.3 is 14.8 Å². The molecule has 0 saturated carbocycles. The van der Waals surface area contributed by atoms with Crippen LogP contribution in [0.4, 0.5) is 4.39 Å². The van der Waals surface area contributed by atoms with Gasteiger partial charge >= 0.3 is 0 Å². The quantitative estimate of drug-likeness (QED) is 0.830. The predicted molar refractivity (Wildman–Crippen MR) is 65.8 cm³/mol. The third kappa shape index (κ3) is 3.98. The summed E-state index contributed by atoms with van der Waals surface area (Å²) in [5, 5.41) is 3.00. The van der Waals surface area contributed by atoms with E-state index >= 15 is 0 Å². The zero-order valence-corrected chi connectivity index (χ0v) is 10.8. The topological polar surface area (TPSA) is 30.5 Å². The minimum absolute atomic E-state index is 0.0362. The summed E-state index contributed by atoms with van der Waals surface area (Å²) < 4.78 is 24.4. The number of rotatable bonds is 6. The maximum Gasteiger partial charge on any atom is 0.165 e. The molecule has 1 atom stereocenters. The second kappa shape index (κ2) is 6.57. The molecule has 1 aromatic rings. The summed E-state index contributed by atoms with van der Waals surface area (Å²) in [7, 11) is 3.44. The van der Waals surface area contributed by atoms with Crippen molar-refractivity contribution in [3.8, 4) is 5.75 Å². The van der Waals surface area contributed by atoms with E-state index in [0.717, 1.165) is 5.56 Å². The SMILES string of the molecule is CNCC(OC)c1ccc(OC(C)C)c(F)c1. The molecule has 1 rings (SSSR count). The highest BCUT2D eigenvalue weighted by Crippen LogP contribution is 2.24. The monoisotopic (exact) mass is 241 g/mol. The Morgan fingerprint density at radius 3 is 2.53 bits per heavy atom. The van der Waals surface area contributed by atoms with Gasteiger partial charge in [-0.2, -0.15) is 0 Å². The van der Waals surface area contributed by atoms with Crippen molar-refractivity contribution in [2.45, 2.75) is 26.1 Å². The highest BCUT2D eigenvalue weighted by atomic mass is 19.1. The molecule has 0 heterocycles. The first-order valence-electron chi connectivity index (χ1n) is 5.72. The van der Waals surface area contributed by atoms with E-state index in [1.165, 1.54) is 6.07 Å². The maximum absolute atomic E-state index is 13.7. The number of benzene rings is 1. The summed E-state index contributed by atoms with van der Waals surface area (Å²) in [5.74, 6) is -0.0718. The third-order valence-corrected chi connectivity index (χ3v) is 2.36. The van der Waals surface area contributed by atoms with Crippen LogP contribution in [0, 0.1) is 5.82 Å². The molecule has 17 heavy (non-hydrogen) atoms. The average molecular weight is 241 g/mol. The van der Waals surface area contributed by atoms with Gasteiger partial charge in [0, 0.05) is 13.7 Å². The van der Waals surface area contributed by atoms with Gasteiger partial charge in [0.1, 0.15) is 0 Å². The van der Waals surface area contributed by atoms with E-state index in [2.05, 4.69) is 5.32 Å². The number of ether oxygens (including phenoxy) is 2. The second-order valence-electron chi connectivity index (χ2n) is 4.14. The van der Waals surface area contributed by atoms with Crippen molar-refractivity contribution in [3.05, 3.63) is 29.6 Å². The van der Waals surface area contributed by atoms with E-state index in [4.69, 9.17) is 9.47 Å². The molecule has 0 aromatic heterocycles. The Morgan fingerprint density at radius 1 is 1.35 bits per heavy atom. The van der Waals surface area contributed by atoms with Gasteiger partial charge in [0.25, 0.3) is 0 Å². The molecule has 0 amide bonds. The number of hydrogen-bond acceptors (Lipinski definition) is 3. The molecule has 96 valence electrons. The first kappa shape index (κ1) is 13.9. The Hall–Kier alpha value is -1.13. The first-order chi connectivity index (χ1) is 8.08. The zero-order valence-electron chi connectivity index (χ0n) is 10.8. The fourth-order valence-corrected chi connectivity index (χ4v) is 1.59. The molecule has 0 radical (unpaired) electrons. The molecule has 0 saturated heterocycles. The van der Waals surface area contributed by atoms with E-state index in [0.29, 0.717) is 6.54 Å². The number of nitrogens with one attached hydrogen (secondary N) is 1. The van der Waals surface area contributed by atoms with Crippen LogP contribution in [0.1, 0.15) is 25.5 Å². The molecule has 1 N–H and O–H groups in total. The molecule has 1 aromatic carbocycles. The van der Waals surface area contributed by atoms with E-state index in [9.17, 15) is 4.39 Å². The lowest BCUT2D eigenvalue weighted by atomic mass is 10.1.